The molecule has 21 heavy (non-hydrogen) atoms. The fourth-order valence-corrected chi connectivity index (χ4v) is 3.07. The molecule has 3 rings (SSSR count). The highest BCUT2D eigenvalue weighted by atomic mass is 15.1. The van der Waals surface area contributed by atoms with Crippen LogP contribution in [0.4, 0.5) is 0 Å². The van der Waals surface area contributed by atoms with Gasteiger partial charge in [-0.05, 0) is 58.8 Å². The van der Waals surface area contributed by atoms with Gasteiger partial charge in [0.25, 0.3) is 0 Å². The predicted molar refractivity (Wildman–Crippen MR) is 92.9 cm³/mol. The monoisotopic (exact) mass is 277 g/mol. The van der Waals surface area contributed by atoms with Crippen LogP contribution in [0.1, 0.15) is 19.4 Å². The minimum absolute atomic E-state index is 1.12. The number of hydrogen-bond acceptors (Lipinski definition) is 1. The van der Waals surface area contributed by atoms with Gasteiger partial charge in [0.2, 0.25) is 0 Å². The van der Waals surface area contributed by atoms with E-state index < -0.39 is 0 Å². The summed E-state index contributed by atoms with van der Waals surface area (Å²) in [6, 6.07) is 20.0. The molecule has 0 N–H and O–H groups in total. The Morgan fingerprint density at radius 2 is 1.43 bits per heavy atom. The molecule has 108 valence electrons. The van der Waals surface area contributed by atoms with Gasteiger partial charge < -0.3 is 4.90 Å². The number of rotatable bonds is 5. The van der Waals surface area contributed by atoms with Crippen LogP contribution in [0, 0.1) is 0 Å². The molecule has 3 aromatic carbocycles. The van der Waals surface area contributed by atoms with Crippen molar-refractivity contribution < 1.29 is 0 Å². The molecule has 0 heterocycles. The fourth-order valence-electron chi connectivity index (χ4n) is 3.07. The van der Waals surface area contributed by atoms with Crippen molar-refractivity contribution in [2.75, 3.05) is 19.6 Å². The Bertz CT molecular complexity index is 741. The molecule has 0 atom stereocenters. The summed E-state index contributed by atoms with van der Waals surface area (Å²) in [5, 5.41) is 5.42. The van der Waals surface area contributed by atoms with Crippen LogP contribution in [-0.2, 0) is 6.42 Å². The van der Waals surface area contributed by atoms with E-state index in [4.69, 9.17) is 0 Å². The maximum Gasteiger partial charge on any atom is 0.00218 e. The molecule has 0 aromatic heterocycles. The molecular formula is C20H23N. The van der Waals surface area contributed by atoms with Crippen LogP contribution in [0.2, 0.25) is 0 Å². The van der Waals surface area contributed by atoms with Crippen LogP contribution < -0.4 is 0 Å². The molecule has 0 aliphatic rings. The van der Waals surface area contributed by atoms with Crippen molar-refractivity contribution in [1.82, 2.24) is 4.90 Å². The minimum atomic E-state index is 1.12. The summed E-state index contributed by atoms with van der Waals surface area (Å²) < 4.78 is 0. The average molecular weight is 277 g/mol. The van der Waals surface area contributed by atoms with Crippen molar-refractivity contribution in [3.8, 4) is 0 Å². The number of benzene rings is 3. The van der Waals surface area contributed by atoms with Gasteiger partial charge in [0, 0.05) is 6.54 Å². The first-order valence-electron chi connectivity index (χ1n) is 7.94. The topological polar surface area (TPSA) is 3.24 Å². The molecule has 0 aliphatic heterocycles. The van der Waals surface area contributed by atoms with Gasteiger partial charge in [-0.15, -0.1) is 0 Å². The standard InChI is InChI=1S/C20H23N/c1-3-21(4-2)13-12-16-10-7-11-19-14-17-8-5-6-9-18(17)15-20(16)19/h5-11,14-15H,3-4,12-13H2,1-2H3. The van der Waals surface area contributed by atoms with E-state index in [1.165, 1.54) is 27.1 Å². The summed E-state index contributed by atoms with van der Waals surface area (Å²) in [6.07, 6.45) is 1.12. The third-order valence-electron chi connectivity index (χ3n) is 4.43. The first kappa shape index (κ1) is 14.1. The van der Waals surface area contributed by atoms with E-state index >= 15 is 0 Å². The van der Waals surface area contributed by atoms with Crippen molar-refractivity contribution in [2.24, 2.45) is 0 Å². The average Bonchev–Trinajstić information content (AvgIpc) is 2.54. The summed E-state index contributed by atoms with van der Waals surface area (Å²) in [6.45, 7) is 7.87. The van der Waals surface area contributed by atoms with Crippen LogP contribution in [-0.4, -0.2) is 24.5 Å². The molecule has 0 radical (unpaired) electrons. The van der Waals surface area contributed by atoms with Gasteiger partial charge >= 0.3 is 0 Å². The van der Waals surface area contributed by atoms with Crippen molar-refractivity contribution >= 4 is 21.5 Å². The molecule has 1 heteroatoms. The summed E-state index contributed by atoms with van der Waals surface area (Å²) in [4.78, 5) is 2.49. The Kier molecular flexibility index (Phi) is 4.21. The zero-order valence-electron chi connectivity index (χ0n) is 13.0. The number of likely N-dealkylation sites (N-methyl/N-ethyl adjacent to an activating group) is 1. The number of fused-ring (bicyclic) bond motifs is 2. The summed E-state index contributed by atoms with van der Waals surface area (Å²) in [7, 11) is 0. The van der Waals surface area contributed by atoms with Crippen LogP contribution in [0.15, 0.2) is 54.6 Å². The lowest BCUT2D eigenvalue weighted by atomic mass is 9.98. The van der Waals surface area contributed by atoms with Gasteiger partial charge in [-0.2, -0.15) is 0 Å². The van der Waals surface area contributed by atoms with E-state index in [0.29, 0.717) is 0 Å². The predicted octanol–water partition coefficient (Wildman–Crippen LogP) is 4.88. The smallest absolute Gasteiger partial charge is 0.00218 e. The molecule has 0 saturated heterocycles. The Morgan fingerprint density at radius 1 is 0.762 bits per heavy atom. The maximum absolute atomic E-state index is 2.49. The van der Waals surface area contributed by atoms with E-state index in [0.717, 1.165) is 26.1 Å². The Hall–Kier alpha value is -1.86. The SMILES string of the molecule is CCN(CC)CCc1cccc2cc3ccccc3cc12. The van der Waals surface area contributed by atoms with Gasteiger partial charge in [0.1, 0.15) is 0 Å². The Balaban J connectivity index is 2.00. The summed E-state index contributed by atoms with van der Waals surface area (Å²) >= 11 is 0. The molecular weight excluding hydrogens is 254 g/mol. The zero-order valence-corrected chi connectivity index (χ0v) is 13.0. The molecule has 0 fully saturated rings. The lowest BCUT2D eigenvalue weighted by Gasteiger charge is -2.18. The lowest BCUT2D eigenvalue weighted by Crippen LogP contribution is -2.25. The van der Waals surface area contributed by atoms with E-state index in [1.807, 2.05) is 0 Å². The Labute approximate surface area is 127 Å². The van der Waals surface area contributed by atoms with E-state index in [9.17, 15) is 0 Å². The van der Waals surface area contributed by atoms with Crippen molar-refractivity contribution in [2.45, 2.75) is 20.3 Å². The van der Waals surface area contributed by atoms with Gasteiger partial charge in [-0.3, -0.25) is 0 Å². The van der Waals surface area contributed by atoms with E-state index in [2.05, 4.69) is 73.3 Å². The first-order chi connectivity index (χ1) is 10.3. The quantitative estimate of drug-likeness (QED) is 0.601. The van der Waals surface area contributed by atoms with E-state index in [-0.39, 0.29) is 0 Å². The third kappa shape index (κ3) is 2.93. The molecule has 1 nitrogen and oxygen atoms in total. The van der Waals surface area contributed by atoms with Crippen LogP contribution in [0.3, 0.4) is 0 Å². The van der Waals surface area contributed by atoms with Gasteiger partial charge in [0.15, 0.2) is 0 Å². The summed E-state index contributed by atoms with van der Waals surface area (Å²) in [5.41, 5.74) is 1.46. The first-order valence-corrected chi connectivity index (χ1v) is 7.94. The number of nitrogens with zero attached hydrogens (tertiary/aromatic N) is 1. The Morgan fingerprint density at radius 3 is 2.14 bits per heavy atom. The second-order valence-electron chi connectivity index (χ2n) is 5.61. The van der Waals surface area contributed by atoms with Crippen LogP contribution >= 0.6 is 0 Å². The van der Waals surface area contributed by atoms with Crippen LogP contribution in [0.25, 0.3) is 21.5 Å². The highest BCUT2D eigenvalue weighted by Crippen LogP contribution is 2.25. The fraction of sp³-hybridized carbons (Fsp3) is 0.300. The molecule has 0 saturated carbocycles. The molecule has 3 aromatic rings. The van der Waals surface area contributed by atoms with E-state index in [1.54, 1.807) is 0 Å². The highest BCUT2D eigenvalue weighted by molar-refractivity contribution is 5.99. The molecule has 0 amide bonds. The third-order valence-corrected chi connectivity index (χ3v) is 4.43. The lowest BCUT2D eigenvalue weighted by molar-refractivity contribution is 0.308. The molecule has 0 aliphatic carbocycles. The van der Waals surface area contributed by atoms with Crippen molar-refractivity contribution in [1.29, 1.82) is 0 Å². The second kappa shape index (κ2) is 6.28. The van der Waals surface area contributed by atoms with Gasteiger partial charge in [0.05, 0.1) is 0 Å². The van der Waals surface area contributed by atoms with Crippen LogP contribution in [0.5, 0.6) is 0 Å². The molecule has 0 unspecified atom stereocenters. The highest BCUT2D eigenvalue weighted by Gasteiger charge is 2.05. The minimum Gasteiger partial charge on any atom is -0.304 e. The van der Waals surface area contributed by atoms with Gasteiger partial charge in [-0.25, -0.2) is 0 Å². The normalized spacial score (nSPS) is 11.6. The molecule has 0 spiro atoms. The van der Waals surface area contributed by atoms with Crippen molar-refractivity contribution in [3.05, 3.63) is 60.2 Å². The molecule has 0 bridgehead atoms. The number of hydrogen-bond donors (Lipinski definition) is 0. The largest absolute Gasteiger partial charge is 0.304 e. The summed E-state index contributed by atoms with van der Waals surface area (Å²) in [5.74, 6) is 0. The zero-order chi connectivity index (χ0) is 14.7. The second-order valence-corrected chi connectivity index (χ2v) is 5.61. The van der Waals surface area contributed by atoms with Gasteiger partial charge in [-0.1, -0.05) is 56.3 Å². The van der Waals surface area contributed by atoms with Crippen molar-refractivity contribution in [3.63, 3.8) is 0 Å². The maximum atomic E-state index is 2.49.